The van der Waals surface area contributed by atoms with Gasteiger partial charge in [-0.25, -0.2) is 0 Å². The summed E-state index contributed by atoms with van der Waals surface area (Å²) in [7, 11) is 0. The summed E-state index contributed by atoms with van der Waals surface area (Å²) in [6, 6.07) is 18.2. The van der Waals surface area contributed by atoms with Crippen molar-refractivity contribution in [3.63, 3.8) is 0 Å². The lowest BCUT2D eigenvalue weighted by Gasteiger charge is -2.23. The average molecular weight is 329 g/mol. The first-order valence-electron chi connectivity index (χ1n) is 8.37. The summed E-state index contributed by atoms with van der Waals surface area (Å²) in [6.45, 7) is 4.84. The van der Waals surface area contributed by atoms with Crippen LogP contribution in [0.4, 0.5) is 0 Å². The number of hydrogen-bond donors (Lipinski definition) is 3. The van der Waals surface area contributed by atoms with Gasteiger partial charge < -0.3 is 20.3 Å². The number of benzene rings is 2. The second-order valence-electron chi connectivity index (χ2n) is 6.14. The molecular formula is C20H27NO3. The van der Waals surface area contributed by atoms with Crippen LogP contribution in [-0.2, 0) is 4.74 Å². The van der Waals surface area contributed by atoms with Gasteiger partial charge in [-0.1, -0.05) is 54.6 Å². The van der Waals surface area contributed by atoms with Crippen LogP contribution in [0.5, 0.6) is 0 Å². The molecule has 130 valence electrons. The molecule has 0 bridgehead atoms. The van der Waals surface area contributed by atoms with E-state index in [2.05, 4.69) is 24.4 Å². The van der Waals surface area contributed by atoms with Crippen LogP contribution in [0.3, 0.4) is 0 Å². The first-order valence-corrected chi connectivity index (χ1v) is 8.37. The van der Waals surface area contributed by atoms with Crippen LogP contribution in [0.15, 0.2) is 54.6 Å². The van der Waals surface area contributed by atoms with Crippen molar-refractivity contribution in [1.82, 2.24) is 5.32 Å². The van der Waals surface area contributed by atoms with E-state index >= 15 is 0 Å². The average Bonchev–Trinajstić information content (AvgIpc) is 2.57. The van der Waals surface area contributed by atoms with Crippen molar-refractivity contribution in [2.75, 3.05) is 19.7 Å². The predicted octanol–water partition coefficient (Wildman–Crippen LogP) is 2.43. The molecule has 0 aliphatic rings. The van der Waals surface area contributed by atoms with E-state index < -0.39 is 12.2 Å². The third-order valence-corrected chi connectivity index (χ3v) is 3.85. The summed E-state index contributed by atoms with van der Waals surface area (Å²) < 4.78 is 6.06. The quantitative estimate of drug-likeness (QED) is 0.661. The van der Waals surface area contributed by atoms with Crippen molar-refractivity contribution in [1.29, 1.82) is 0 Å². The van der Waals surface area contributed by atoms with Gasteiger partial charge in [-0.2, -0.15) is 0 Å². The van der Waals surface area contributed by atoms with Gasteiger partial charge in [0.1, 0.15) is 6.10 Å². The molecule has 24 heavy (non-hydrogen) atoms. The van der Waals surface area contributed by atoms with Crippen LogP contribution >= 0.6 is 0 Å². The number of hydrogen-bond acceptors (Lipinski definition) is 4. The first kappa shape index (κ1) is 18.6. The van der Waals surface area contributed by atoms with Crippen molar-refractivity contribution < 1.29 is 14.9 Å². The highest BCUT2D eigenvalue weighted by atomic mass is 16.5. The standard InChI is InChI=1S/C20H27NO3/c1-15-8-6-7-11-19(15)20(17-9-4-3-5-10-17)24-14-18(23)13-21-12-16(2)22/h3-11,16,18,20-23H,12-14H2,1-2H3. The largest absolute Gasteiger partial charge is 0.392 e. The maximum atomic E-state index is 10.1. The molecule has 0 heterocycles. The van der Waals surface area contributed by atoms with Crippen LogP contribution in [-0.4, -0.2) is 42.1 Å². The van der Waals surface area contributed by atoms with E-state index in [1.165, 1.54) is 0 Å². The van der Waals surface area contributed by atoms with Crippen molar-refractivity contribution >= 4 is 0 Å². The molecule has 4 nitrogen and oxygen atoms in total. The molecular weight excluding hydrogens is 302 g/mol. The summed E-state index contributed by atoms with van der Waals surface area (Å²) in [4.78, 5) is 0. The van der Waals surface area contributed by atoms with Gasteiger partial charge in [-0.3, -0.25) is 0 Å². The van der Waals surface area contributed by atoms with Crippen LogP contribution in [0.25, 0.3) is 0 Å². The topological polar surface area (TPSA) is 61.7 Å². The van der Waals surface area contributed by atoms with Gasteiger partial charge in [0.2, 0.25) is 0 Å². The number of aryl methyl sites for hydroxylation is 1. The third kappa shape index (κ3) is 5.73. The van der Waals surface area contributed by atoms with Crippen molar-refractivity contribution in [3.8, 4) is 0 Å². The summed E-state index contributed by atoms with van der Waals surface area (Å²) >= 11 is 0. The lowest BCUT2D eigenvalue weighted by molar-refractivity contribution is 0.00556. The molecule has 3 N–H and O–H groups in total. The zero-order valence-corrected chi connectivity index (χ0v) is 14.4. The Balaban J connectivity index is 2.04. The van der Waals surface area contributed by atoms with Gasteiger partial charge in [0.25, 0.3) is 0 Å². The van der Waals surface area contributed by atoms with E-state index in [0.29, 0.717) is 13.1 Å². The maximum Gasteiger partial charge on any atom is 0.108 e. The zero-order chi connectivity index (χ0) is 17.4. The third-order valence-electron chi connectivity index (χ3n) is 3.85. The minimum absolute atomic E-state index is 0.209. The van der Waals surface area contributed by atoms with E-state index in [-0.39, 0.29) is 12.7 Å². The van der Waals surface area contributed by atoms with E-state index in [1.807, 2.05) is 42.5 Å². The second-order valence-corrected chi connectivity index (χ2v) is 6.14. The van der Waals surface area contributed by atoms with Gasteiger partial charge in [0.15, 0.2) is 0 Å². The number of nitrogens with one attached hydrogen (secondary N) is 1. The van der Waals surface area contributed by atoms with Crippen molar-refractivity contribution in [2.24, 2.45) is 0 Å². The lowest BCUT2D eigenvalue weighted by Crippen LogP contribution is -2.34. The molecule has 0 saturated heterocycles. The fourth-order valence-corrected chi connectivity index (χ4v) is 2.60. The lowest BCUT2D eigenvalue weighted by atomic mass is 9.97. The molecule has 0 amide bonds. The molecule has 0 aliphatic carbocycles. The van der Waals surface area contributed by atoms with Crippen LogP contribution in [0, 0.1) is 6.92 Å². The fourth-order valence-electron chi connectivity index (χ4n) is 2.60. The van der Waals surface area contributed by atoms with Crippen molar-refractivity contribution in [2.45, 2.75) is 32.2 Å². The molecule has 4 heteroatoms. The number of aliphatic hydroxyl groups is 2. The molecule has 2 aromatic rings. The first-order chi connectivity index (χ1) is 11.6. The zero-order valence-electron chi connectivity index (χ0n) is 14.4. The Kier molecular flexibility index (Phi) is 7.40. The highest BCUT2D eigenvalue weighted by Gasteiger charge is 2.18. The Labute approximate surface area is 144 Å². The Morgan fingerprint density at radius 2 is 1.62 bits per heavy atom. The van der Waals surface area contributed by atoms with Gasteiger partial charge in [0, 0.05) is 13.1 Å². The molecule has 0 aliphatic heterocycles. The molecule has 0 fully saturated rings. The smallest absolute Gasteiger partial charge is 0.108 e. The van der Waals surface area contributed by atoms with Gasteiger partial charge >= 0.3 is 0 Å². The van der Waals surface area contributed by atoms with Crippen LogP contribution < -0.4 is 5.32 Å². The second kappa shape index (κ2) is 9.55. The van der Waals surface area contributed by atoms with Gasteiger partial charge in [-0.15, -0.1) is 0 Å². The molecule has 2 rings (SSSR count). The Bertz CT molecular complexity index is 601. The molecule has 0 radical (unpaired) electrons. The fraction of sp³-hybridized carbons (Fsp3) is 0.400. The normalized spacial score (nSPS) is 15.0. The van der Waals surface area contributed by atoms with Crippen LogP contribution in [0.2, 0.25) is 0 Å². The molecule has 0 aromatic heterocycles. The van der Waals surface area contributed by atoms with E-state index in [0.717, 1.165) is 16.7 Å². The Morgan fingerprint density at radius 1 is 0.958 bits per heavy atom. The van der Waals surface area contributed by atoms with Gasteiger partial charge in [0.05, 0.1) is 18.8 Å². The molecule has 3 atom stereocenters. The number of ether oxygens (including phenoxy) is 1. The summed E-state index contributed by atoms with van der Waals surface area (Å²) in [5.74, 6) is 0. The number of rotatable bonds is 9. The van der Waals surface area contributed by atoms with E-state index in [9.17, 15) is 10.2 Å². The summed E-state index contributed by atoms with van der Waals surface area (Å²) in [5.41, 5.74) is 3.33. The Hall–Kier alpha value is -1.72. The summed E-state index contributed by atoms with van der Waals surface area (Å²) in [5, 5.41) is 22.4. The monoisotopic (exact) mass is 329 g/mol. The maximum absolute atomic E-state index is 10.1. The van der Waals surface area contributed by atoms with Crippen LogP contribution in [0.1, 0.15) is 29.7 Å². The minimum atomic E-state index is -0.626. The van der Waals surface area contributed by atoms with E-state index in [4.69, 9.17) is 4.74 Å². The predicted molar refractivity (Wildman–Crippen MR) is 96.0 cm³/mol. The van der Waals surface area contributed by atoms with E-state index in [1.54, 1.807) is 6.92 Å². The summed E-state index contributed by atoms with van der Waals surface area (Å²) in [6.07, 6.45) is -1.26. The SMILES string of the molecule is Cc1ccccc1C(OCC(O)CNCC(C)O)c1ccccc1. The number of aliphatic hydroxyl groups excluding tert-OH is 2. The molecule has 0 spiro atoms. The Morgan fingerprint density at radius 3 is 2.29 bits per heavy atom. The van der Waals surface area contributed by atoms with Crippen molar-refractivity contribution in [3.05, 3.63) is 71.3 Å². The highest BCUT2D eigenvalue weighted by molar-refractivity contribution is 5.35. The molecule has 3 unspecified atom stereocenters. The molecule has 2 aromatic carbocycles. The minimum Gasteiger partial charge on any atom is -0.392 e. The van der Waals surface area contributed by atoms with Gasteiger partial charge in [-0.05, 0) is 30.5 Å². The highest BCUT2D eigenvalue weighted by Crippen LogP contribution is 2.28. The molecule has 0 saturated carbocycles.